The van der Waals surface area contributed by atoms with Gasteiger partial charge in [-0.2, -0.15) is 13.2 Å². The molecule has 10 heteroatoms. The Bertz CT molecular complexity index is 493. The number of carbonyl (C=O) groups is 1. The minimum atomic E-state index is -4.70. The molecule has 118 valence electrons. The molecule has 0 aliphatic heterocycles. The molecule has 0 saturated carbocycles. The topological polar surface area (TPSA) is 96.2 Å². The number of rotatable bonds is 6. The van der Waals surface area contributed by atoms with E-state index in [1.807, 2.05) is 0 Å². The molecule has 7 nitrogen and oxygen atoms in total. The highest BCUT2D eigenvalue weighted by atomic mass is 19.4. The number of nitrogens with one attached hydrogen (secondary N) is 2. The Kier molecular flexibility index (Phi) is 5.70. The molecule has 21 heavy (non-hydrogen) atoms. The van der Waals surface area contributed by atoms with Crippen LogP contribution in [0, 0.1) is 0 Å². The zero-order valence-electron chi connectivity index (χ0n) is 11.7. The second-order valence-corrected chi connectivity index (χ2v) is 4.04. The van der Waals surface area contributed by atoms with Gasteiger partial charge in [0, 0.05) is 19.2 Å². The van der Waals surface area contributed by atoms with Crippen molar-refractivity contribution in [2.24, 2.45) is 5.84 Å². The number of alkyl halides is 3. The number of nitrogen functional groups attached to an aromatic ring is 1. The van der Waals surface area contributed by atoms with Crippen LogP contribution in [-0.2, 0) is 11.0 Å². The molecule has 1 aromatic heterocycles. The zero-order chi connectivity index (χ0) is 16.0. The van der Waals surface area contributed by atoms with Crippen LogP contribution in [-0.4, -0.2) is 35.5 Å². The van der Waals surface area contributed by atoms with E-state index in [2.05, 4.69) is 20.7 Å². The largest absolute Gasteiger partial charge is 0.451 e. The Balaban J connectivity index is 3.11. The standard InChI is InChI=1S/C11H17F3N6O/c1-3-16-9(21)6-20(4-2)8-5-7(19-15)17-10(18-8)11(12,13)14/h5H,3-4,6,15H2,1-2H3,(H,16,21)(H,17,18,19). The van der Waals surface area contributed by atoms with Crippen molar-refractivity contribution in [2.75, 3.05) is 30.0 Å². The first-order chi connectivity index (χ1) is 9.81. The van der Waals surface area contributed by atoms with Gasteiger partial charge in [0.15, 0.2) is 0 Å². The third-order valence-electron chi connectivity index (χ3n) is 2.53. The predicted octanol–water partition coefficient (Wildman–Crippen LogP) is 0.743. The van der Waals surface area contributed by atoms with Crippen molar-refractivity contribution >= 4 is 17.5 Å². The third kappa shape index (κ3) is 4.74. The molecule has 0 fully saturated rings. The van der Waals surface area contributed by atoms with E-state index in [-0.39, 0.29) is 24.1 Å². The molecule has 0 aliphatic carbocycles. The van der Waals surface area contributed by atoms with Gasteiger partial charge in [-0.1, -0.05) is 0 Å². The van der Waals surface area contributed by atoms with Crippen molar-refractivity contribution < 1.29 is 18.0 Å². The summed E-state index contributed by atoms with van der Waals surface area (Å²) in [5, 5.41) is 2.57. The summed E-state index contributed by atoms with van der Waals surface area (Å²) in [6.07, 6.45) is -4.70. The van der Waals surface area contributed by atoms with Gasteiger partial charge in [0.25, 0.3) is 0 Å². The van der Waals surface area contributed by atoms with Crippen molar-refractivity contribution in [2.45, 2.75) is 20.0 Å². The molecule has 0 aliphatic rings. The number of likely N-dealkylation sites (N-methyl/N-ethyl adjacent to an activating group) is 2. The number of nitrogens with zero attached hydrogens (tertiary/aromatic N) is 3. The summed E-state index contributed by atoms with van der Waals surface area (Å²) in [7, 11) is 0. The molecule has 0 bridgehead atoms. The van der Waals surface area contributed by atoms with Gasteiger partial charge in [-0.25, -0.2) is 15.8 Å². The van der Waals surface area contributed by atoms with Crippen molar-refractivity contribution in [3.05, 3.63) is 11.9 Å². The maximum Gasteiger partial charge on any atom is 0.451 e. The Morgan fingerprint density at radius 2 is 2.05 bits per heavy atom. The Morgan fingerprint density at radius 3 is 2.52 bits per heavy atom. The lowest BCUT2D eigenvalue weighted by Gasteiger charge is -2.22. The van der Waals surface area contributed by atoms with Gasteiger partial charge in [-0.3, -0.25) is 4.79 Å². The van der Waals surface area contributed by atoms with Gasteiger partial charge >= 0.3 is 6.18 Å². The van der Waals surface area contributed by atoms with E-state index in [1.165, 1.54) is 11.0 Å². The number of carbonyl (C=O) groups excluding carboxylic acids is 1. The van der Waals surface area contributed by atoms with Crippen LogP contribution in [0.1, 0.15) is 19.7 Å². The molecule has 0 radical (unpaired) electrons. The predicted molar refractivity (Wildman–Crippen MR) is 71.4 cm³/mol. The highest BCUT2D eigenvalue weighted by molar-refractivity contribution is 5.81. The maximum absolute atomic E-state index is 12.7. The fraction of sp³-hybridized carbons (Fsp3) is 0.545. The molecule has 0 atom stereocenters. The van der Waals surface area contributed by atoms with Crippen LogP contribution in [0.3, 0.4) is 0 Å². The van der Waals surface area contributed by atoms with Gasteiger partial charge < -0.3 is 15.6 Å². The van der Waals surface area contributed by atoms with Crippen molar-refractivity contribution in [3.8, 4) is 0 Å². The molecule has 1 aromatic rings. The van der Waals surface area contributed by atoms with Crippen LogP contribution in [0.15, 0.2) is 6.07 Å². The lowest BCUT2D eigenvalue weighted by molar-refractivity contribution is -0.144. The normalized spacial score (nSPS) is 11.1. The minimum Gasteiger partial charge on any atom is -0.355 e. The summed E-state index contributed by atoms with van der Waals surface area (Å²) >= 11 is 0. The first-order valence-corrected chi connectivity index (χ1v) is 6.26. The van der Waals surface area contributed by atoms with Crippen molar-refractivity contribution in [1.29, 1.82) is 0 Å². The van der Waals surface area contributed by atoms with Gasteiger partial charge in [0.05, 0.1) is 6.54 Å². The Hall–Kier alpha value is -2.10. The summed E-state index contributed by atoms with van der Waals surface area (Å²) < 4.78 is 38.2. The monoisotopic (exact) mass is 306 g/mol. The molecule has 0 unspecified atom stereocenters. The van der Waals surface area contributed by atoms with E-state index in [0.717, 1.165) is 0 Å². The van der Waals surface area contributed by atoms with E-state index in [4.69, 9.17) is 5.84 Å². The van der Waals surface area contributed by atoms with Crippen molar-refractivity contribution in [3.63, 3.8) is 0 Å². The van der Waals surface area contributed by atoms with Crippen LogP contribution in [0.4, 0.5) is 24.8 Å². The van der Waals surface area contributed by atoms with Crippen LogP contribution in [0.25, 0.3) is 0 Å². The fourth-order valence-electron chi connectivity index (χ4n) is 1.58. The third-order valence-corrected chi connectivity index (χ3v) is 2.53. The number of anilines is 2. The lowest BCUT2D eigenvalue weighted by Crippen LogP contribution is -2.38. The number of amides is 1. The second-order valence-electron chi connectivity index (χ2n) is 4.04. The Labute approximate surface area is 119 Å². The second kappa shape index (κ2) is 7.07. The van der Waals surface area contributed by atoms with Gasteiger partial charge in [0.2, 0.25) is 11.7 Å². The van der Waals surface area contributed by atoms with Gasteiger partial charge in [-0.05, 0) is 13.8 Å². The molecule has 1 rings (SSSR count). The van der Waals surface area contributed by atoms with Crippen LogP contribution >= 0.6 is 0 Å². The summed E-state index contributed by atoms with van der Waals surface area (Å²) in [5.41, 5.74) is 2.06. The molecular formula is C11H17F3N6O. The van der Waals surface area contributed by atoms with Gasteiger partial charge in [-0.15, -0.1) is 0 Å². The van der Waals surface area contributed by atoms with E-state index >= 15 is 0 Å². The first kappa shape index (κ1) is 17.0. The number of hydrazine groups is 1. The number of nitrogens with two attached hydrogens (primary N) is 1. The summed E-state index contributed by atoms with van der Waals surface area (Å²) in [5.74, 6) is 3.28. The summed E-state index contributed by atoms with van der Waals surface area (Å²) in [4.78, 5) is 19.7. The van der Waals surface area contributed by atoms with Crippen LogP contribution in [0.5, 0.6) is 0 Å². The van der Waals surface area contributed by atoms with Crippen LogP contribution in [0.2, 0.25) is 0 Å². The average molecular weight is 306 g/mol. The summed E-state index contributed by atoms with van der Waals surface area (Å²) in [6, 6.07) is 1.25. The number of hydrogen-bond acceptors (Lipinski definition) is 6. The highest BCUT2D eigenvalue weighted by Gasteiger charge is 2.36. The van der Waals surface area contributed by atoms with Crippen molar-refractivity contribution in [1.82, 2.24) is 15.3 Å². The molecule has 0 aromatic carbocycles. The molecule has 1 amide bonds. The quantitative estimate of drug-likeness (QED) is 0.530. The first-order valence-electron chi connectivity index (χ1n) is 6.26. The van der Waals surface area contributed by atoms with E-state index in [0.29, 0.717) is 13.1 Å². The number of aromatic nitrogens is 2. The average Bonchev–Trinajstić information content (AvgIpc) is 2.43. The van der Waals surface area contributed by atoms with E-state index < -0.39 is 12.0 Å². The maximum atomic E-state index is 12.7. The molecule has 1 heterocycles. The number of hydrogen-bond donors (Lipinski definition) is 3. The number of halogens is 3. The Morgan fingerprint density at radius 1 is 1.38 bits per heavy atom. The SMILES string of the molecule is CCNC(=O)CN(CC)c1cc(NN)nc(C(F)(F)F)n1. The van der Waals surface area contributed by atoms with Crippen LogP contribution < -0.4 is 21.5 Å². The molecule has 4 N–H and O–H groups in total. The lowest BCUT2D eigenvalue weighted by atomic mass is 10.4. The van der Waals surface area contributed by atoms with E-state index in [9.17, 15) is 18.0 Å². The molecular weight excluding hydrogens is 289 g/mol. The smallest absolute Gasteiger partial charge is 0.355 e. The van der Waals surface area contributed by atoms with E-state index in [1.54, 1.807) is 13.8 Å². The fourth-order valence-corrected chi connectivity index (χ4v) is 1.58. The highest BCUT2D eigenvalue weighted by Crippen LogP contribution is 2.29. The van der Waals surface area contributed by atoms with Gasteiger partial charge in [0.1, 0.15) is 11.6 Å². The summed E-state index contributed by atoms with van der Waals surface area (Å²) in [6.45, 7) is 4.07. The minimum absolute atomic E-state index is 0.0287. The zero-order valence-corrected chi connectivity index (χ0v) is 11.7. The molecule has 0 saturated heterocycles. The molecule has 0 spiro atoms.